The van der Waals surface area contributed by atoms with E-state index in [2.05, 4.69) is 74.4 Å². The molecule has 74 heavy (non-hydrogen) atoms. The minimum atomic E-state index is -5.01. The van der Waals surface area contributed by atoms with Crippen molar-refractivity contribution >= 4 is 88.3 Å². The third-order valence-corrected chi connectivity index (χ3v) is 15.0. The molecule has 0 radical (unpaired) electrons. The molecule has 1 aliphatic rings. The third-order valence-electron chi connectivity index (χ3n) is 12.2. The molecule has 1 fully saturated rings. The zero-order chi connectivity index (χ0) is 53.0. The zero-order valence-electron chi connectivity index (χ0n) is 43.9. The van der Waals surface area contributed by atoms with Crippen molar-refractivity contribution in [3.8, 4) is 5.69 Å². The summed E-state index contributed by atoms with van der Waals surface area (Å²) in [6, 6.07) is 13.5. The molecule has 5 rings (SSSR count). The summed E-state index contributed by atoms with van der Waals surface area (Å²) in [4.78, 5) is 41.5. The van der Waals surface area contributed by atoms with Gasteiger partial charge in [-0.2, -0.15) is 5.10 Å². The summed E-state index contributed by atoms with van der Waals surface area (Å²) in [7, 11) is -14.2. The predicted molar refractivity (Wildman–Crippen MR) is 265 cm³/mol. The molecule has 1 aromatic heterocycles. The van der Waals surface area contributed by atoms with Gasteiger partial charge < -0.3 is 33.9 Å². The van der Waals surface area contributed by atoms with Crippen LogP contribution in [0.5, 0.6) is 0 Å². The number of nitrogens with one attached hydrogen (secondary N) is 2. The van der Waals surface area contributed by atoms with Crippen LogP contribution < -0.4 is 104 Å². The van der Waals surface area contributed by atoms with E-state index in [-0.39, 0.29) is 182 Å². The van der Waals surface area contributed by atoms with Gasteiger partial charge in [0.1, 0.15) is 27.5 Å². The number of hydrogen-bond donors (Lipinski definition) is 2. The van der Waals surface area contributed by atoms with Gasteiger partial charge in [-0.15, -0.1) is 10.2 Å². The Balaban J connectivity index is 0.00000625. The molecule has 20 nitrogen and oxygen atoms in total. The fourth-order valence-corrected chi connectivity index (χ4v) is 10.7. The maximum Gasteiger partial charge on any atom is 1.00 e. The summed E-state index contributed by atoms with van der Waals surface area (Å²) in [6.45, 7) is 17.6. The van der Waals surface area contributed by atoms with Crippen molar-refractivity contribution in [2.45, 2.75) is 99.0 Å². The number of aryl methyl sites for hydroxylation is 1. The molecule has 388 valence electrons. The molecule has 0 saturated heterocycles. The smallest absolute Gasteiger partial charge is 0.748 e. The van der Waals surface area contributed by atoms with Crippen molar-refractivity contribution in [3.05, 3.63) is 82.5 Å². The Labute approximate surface area is 505 Å². The van der Waals surface area contributed by atoms with E-state index < -0.39 is 76.2 Å². The van der Waals surface area contributed by atoms with E-state index in [0.717, 1.165) is 18.9 Å². The van der Waals surface area contributed by atoms with Gasteiger partial charge >= 0.3 is 94.6 Å². The van der Waals surface area contributed by atoms with E-state index in [0.29, 0.717) is 11.6 Å². The zero-order valence-corrected chi connectivity index (χ0v) is 53.1. The van der Waals surface area contributed by atoms with Crippen LogP contribution in [0.25, 0.3) is 5.69 Å². The van der Waals surface area contributed by atoms with Gasteiger partial charge in [0.2, 0.25) is 5.91 Å². The number of carbonyl (C=O) groups is 3. The second-order valence-electron chi connectivity index (χ2n) is 20.0. The number of anilines is 3. The Hall–Kier alpha value is -2.30. The SMILES string of the molecule is CC(=O)Nc1cc(N(CCCS(=O)(=O)[O-])CCCS(=O)(=O)[O-])ccc1N=Nc1c(C(=O)OC2C(C(C)(C)C)CC(C)CC2C(C)(C)C)c(C)nn1-c1ccc(NC(=O)c2ccccc2S(=O)(=O)[O-])cc1Cl.[Na+].[Na+].[Na+]. The summed E-state index contributed by atoms with van der Waals surface area (Å²) in [5, 5.41) is 18.9. The van der Waals surface area contributed by atoms with Gasteiger partial charge in [-0.3, -0.25) is 9.59 Å². The molecule has 2 N–H and O–H groups in total. The number of hydrogen-bond acceptors (Lipinski definition) is 17. The van der Waals surface area contributed by atoms with Gasteiger partial charge in [-0.1, -0.05) is 72.2 Å². The Kier molecular flexibility index (Phi) is 25.2. The summed E-state index contributed by atoms with van der Waals surface area (Å²) >= 11 is 6.89. The molecule has 27 heteroatoms. The van der Waals surface area contributed by atoms with Crippen molar-refractivity contribution in [2.24, 2.45) is 38.8 Å². The van der Waals surface area contributed by atoms with Crippen LogP contribution in [0.3, 0.4) is 0 Å². The van der Waals surface area contributed by atoms with Gasteiger partial charge in [-0.05, 0) is 97.9 Å². The number of halogens is 1. The minimum absolute atomic E-state index is 0. The number of esters is 1. The van der Waals surface area contributed by atoms with E-state index in [1.165, 1.54) is 66.2 Å². The number of aromatic nitrogens is 2. The van der Waals surface area contributed by atoms with E-state index in [1.807, 2.05) is 0 Å². The maximum atomic E-state index is 14.9. The van der Waals surface area contributed by atoms with E-state index in [4.69, 9.17) is 16.3 Å². The average Bonchev–Trinajstić information content (AvgIpc) is 3.56. The van der Waals surface area contributed by atoms with Crippen LogP contribution in [-0.4, -0.2) is 97.2 Å². The summed E-state index contributed by atoms with van der Waals surface area (Å²) in [6.07, 6.45) is 0.813. The first-order valence-electron chi connectivity index (χ1n) is 22.7. The fourth-order valence-electron chi connectivity index (χ4n) is 8.83. The van der Waals surface area contributed by atoms with Gasteiger partial charge in [0, 0.05) is 54.7 Å². The molecule has 0 aliphatic heterocycles. The molecular weight excluding hydrogens is 1070 g/mol. The normalized spacial score (nSPS) is 17.3. The van der Waals surface area contributed by atoms with Crippen LogP contribution in [0, 0.1) is 35.5 Å². The van der Waals surface area contributed by atoms with Crippen molar-refractivity contribution in [2.75, 3.05) is 40.1 Å². The molecule has 4 aromatic rings. The summed E-state index contributed by atoms with van der Waals surface area (Å²) < 4.78 is 112. The molecule has 2 atom stereocenters. The molecule has 1 aliphatic carbocycles. The van der Waals surface area contributed by atoms with Gasteiger partial charge in [0.15, 0.2) is 5.82 Å². The Morgan fingerprint density at radius 2 is 1.36 bits per heavy atom. The second-order valence-corrected chi connectivity index (χ2v) is 24.8. The number of rotatable bonds is 18. The van der Waals surface area contributed by atoms with Crippen molar-refractivity contribution in [3.63, 3.8) is 0 Å². The fraction of sp³-hybridized carbons (Fsp3) is 0.489. The minimum Gasteiger partial charge on any atom is -0.748 e. The van der Waals surface area contributed by atoms with Crippen LogP contribution in [0.4, 0.5) is 28.6 Å². The van der Waals surface area contributed by atoms with E-state index >= 15 is 0 Å². The molecule has 2 amide bonds. The van der Waals surface area contributed by atoms with Crippen LogP contribution in [0.1, 0.15) is 107 Å². The van der Waals surface area contributed by atoms with Crippen LogP contribution in [-0.2, 0) is 39.9 Å². The second kappa shape index (κ2) is 27.5. The van der Waals surface area contributed by atoms with Crippen molar-refractivity contribution in [1.29, 1.82) is 0 Å². The summed E-state index contributed by atoms with van der Waals surface area (Å²) in [5.41, 5.74) is -0.112. The molecule has 0 spiro atoms. The maximum absolute atomic E-state index is 14.9. The van der Waals surface area contributed by atoms with Crippen LogP contribution >= 0.6 is 11.6 Å². The standard InChI is InChI=1S/C47H62ClN7O13S3.3Na/c1-28-24-34(46(4,5)6)42(35(25-28)47(7,8)9)68-45(58)41-29(2)53-55(39-19-16-31(26-36(39)48)50-44(57)33-14-10-11-15-40(33)71(65,66)67)43(41)52-51-37-18-17-32(27-38(37)49-30(3)56)54(20-12-22-69(59,60)61)21-13-23-70(62,63)64;;;/h10-11,14-19,26-28,34-35,42H,12-13,20-25H2,1-9H3,(H,49,56)(H,50,57)(H,59,60,61)(H,62,63,64)(H,65,66,67);;;/q;3*+1/p-3. The number of amides is 2. The summed E-state index contributed by atoms with van der Waals surface area (Å²) in [5.74, 6) is -3.49. The number of ether oxygens (including phenoxy) is 1. The largest absolute Gasteiger partial charge is 1.00 e. The van der Waals surface area contributed by atoms with Crippen molar-refractivity contribution in [1.82, 2.24) is 9.78 Å². The van der Waals surface area contributed by atoms with Gasteiger partial charge in [-0.25, -0.2) is 34.7 Å². The first kappa shape index (κ1) is 67.8. The predicted octanol–water partition coefficient (Wildman–Crippen LogP) is -0.667. The monoisotopic (exact) mass is 1130 g/mol. The first-order valence-corrected chi connectivity index (χ1v) is 27.6. The number of carbonyl (C=O) groups excluding carboxylic acids is 3. The average molecular weight is 1130 g/mol. The first-order chi connectivity index (χ1) is 32.7. The van der Waals surface area contributed by atoms with Crippen molar-refractivity contribution < 1.29 is 147 Å². The van der Waals surface area contributed by atoms with Gasteiger partial charge in [0.25, 0.3) is 5.91 Å². The Morgan fingerprint density at radius 3 is 1.86 bits per heavy atom. The quantitative estimate of drug-likeness (QED) is 0.0541. The van der Waals surface area contributed by atoms with Gasteiger partial charge in [0.05, 0.1) is 52.8 Å². The van der Waals surface area contributed by atoms with E-state index in [1.54, 1.807) is 11.8 Å². The van der Waals surface area contributed by atoms with Crippen LogP contribution in [0.15, 0.2) is 75.8 Å². The molecule has 3 aromatic carbocycles. The molecule has 1 saturated carbocycles. The van der Waals surface area contributed by atoms with E-state index in [9.17, 15) is 53.3 Å². The molecule has 1 heterocycles. The number of azo groups is 1. The number of benzene rings is 3. The number of nitrogens with zero attached hydrogens (tertiary/aromatic N) is 5. The third kappa shape index (κ3) is 19.0. The molecule has 2 unspecified atom stereocenters. The topological polar surface area (TPSA) is 302 Å². The molecule has 0 bridgehead atoms. The Morgan fingerprint density at radius 1 is 0.811 bits per heavy atom. The Bertz CT molecular complexity index is 2980. The van der Waals surface area contributed by atoms with Crippen LogP contribution in [0.2, 0.25) is 5.02 Å². The molecular formula is C47H59ClN7Na3O13S3.